The van der Waals surface area contributed by atoms with Gasteiger partial charge in [-0.1, -0.05) is 17.7 Å². The van der Waals surface area contributed by atoms with Crippen molar-refractivity contribution in [2.75, 3.05) is 18.4 Å². The molecule has 114 valence electrons. The maximum absolute atomic E-state index is 12.3. The third-order valence-corrected chi connectivity index (χ3v) is 3.84. The van der Waals surface area contributed by atoms with Crippen molar-refractivity contribution < 1.29 is 14.3 Å². The summed E-state index contributed by atoms with van der Waals surface area (Å²) in [6, 6.07) is 7.54. The second-order valence-corrected chi connectivity index (χ2v) is 5.51. The largest absolute Gasteiger partial charge is 0.454 e. The minimum atomic E-state index is -0.716. The standard InChI is InChI=1S/C16H22N2O3/c1-12-2-4-14(5-3-12)18-16(20)15(21-11-19)10-13-6-8-17-9-7-13/h2-5,11,13,15,17H,6-10H2,1H3,(H,18,20). The molecule has 1 aromatic rings. The zero-order chi connectivity index (χ0) is 15.1. The quantitative estimate of drug-likeness (QED) is 0.785. The topological polar surface area (TPSA) is 67.4 Å². The number of piperidine rings is 1. The minimum Gasteiger partial charge on any atom is -0.454 e. The fourth-order valence-electron chi connectivity index (χ4n) is 2.57. The van der Waals surface area contributed by atoms with E-state index in [1.165, 1.54) is 0 Å². The first-order chi connectivity index (χ1) is 10.2. The molecule has 1 atom stereocenters. The number of hydrogen-bond donors (Lipinski definition) is 2. The van der Waals surface area contributed by atoms with Gasteiger partial charge in [-0.15, -0.1) is 0 Å². The summed E-state index contributed by atoms with van der Waals surface area (Å²) in [7, 11) is 0. The van der Waals surface area contributed by atoms with Gasteiger partial charge in [0.15, 0.2) is 6.10 Å². The molecule has 0 radical (unpaired) electrons. The Bertz CT molecular complexity index is 467. The number of aryl methyl sites for hydroxylation is 1. The lowest BCUT2D eigenvalue weighted by Gasteiger charge is -2.25. The Balaban J connectivity index is 1.94. The van der Waals surface area contributed by atoms with Gasteiger partial charge in [0, 0.05) is 5.69 Å². The molecule has 2 N–H and O–H groups in total. The van der Waals surface area contributed by atoms with Gasteiger partial charge in [0.2, 0.25) is 0 Å². The van der Waals surface area contributed by atoms with Crippen molar-refractivity contribution in [1.29, 1.82) is 0 Å². The number of carbonyl (C=O) groups is 2. The molecular formula is C16H22N2O3. The van der Waals surface area contributed by atoms with E-state index in [9.17, 15) is 9.59 Å². The molecule has 1 amide bonds. The van der Waals surface area contributed by atoms with E-state index in [-0.39, 0.29) is 5.91 Å². The molecule has 0 bridgehead atoms. The fraction of sp³-hybridized carbons (Fsp3) is 0.500. The van der Waals surface area contributed by atoms with E-state index < -0.39 is 6.10 Å². The fourth-order valence-corrected chi connectivity index (χ4v) is 2.57. The first kappa shape index (κ1) is 15.5. The second-order valence-electron chi connectivity index (χ2n) is 5.51. The number of anilines is 1. The first-order valence-corrected chi connectivity index (χ1v) is 7.36. The maximum atomic E-state index is 12.3. The number of benzene rings is 1. The first-order valence-electron chi connectivity index (χ1n) is 7.36. The van der Waals surface area contributed by atoms with Crippen LogP contribution < -0.4 is 10.6 Å². The zero-order valence-corrected chi connectivity index (χ0v) is 12.3. The third kappa shape index (κ3) is 4.86. The highest BCUT2D eigenvalue weighted by Gasteiger charge is 2.25. The molecule has 1 fully saturated rings. The molecule has 5 nitrogen and oxygen atoms in total. The number of carbonyl (C=O) groups excluding carboxylic acids is 2. The van der Waals surface area contributed by atoms with Crippen LogP contribution in [0.25, 0.3) is 0 Å². The van der Waals surface area contributed by atoms with Crippen LogP contribution in [0.2, 0.25) is 0 Å². The van der Waals surface area contributed by atoms with Crippen LogP contribution in [0, 0.1) is 12.8 Å². The Hall–Kier alpha value is -1.88. The van der Waals surface area contributed by atoms with Gasteiger partial charge >= 0.3 is 0 Å². The van der Waals surface area contributed by atoms with Crippen molar-refractivity contribution in [3.05, 3.63) is 29.8 Å². The molecule has 0 spiro atoms. The molecule has 1 aromatic carbocycles. The molecule has 5 heteroatoms. The zero-order valence-electron chi connectivity index (χ0n) is 12.3. The molecular weight excluding hydrogens is 268 g/mol. The minimum absolute atomic E-state index is 0.260. The summed E-state index contributed by atoms with van der Waals surface area (Å²) in [5, 5.41) is 6.09. The molecule has 0 aliphatic carbocycles. The van der Waals surface area contributed by atoms with Gasteiger partial charge < -0.3 is 15.4 Å². The number of rotatable bonds is 6. The summed E-state index contributed by atoms with van der Waals surface area (Å²) in [5.41, 5.74) is 1.85. The summed E-state index contributed by atoms with van der Waals surface area (Å²) < 4.78 is 4.99. The summed E-state index contributed by atoms with van der Waals surface area (Å²) >= 11 is 0. The number of amides is 1. The average Bonchev–Trinajstić information content (AvgIpc) is 2.50. The van der Waals surface area contributed by atoms with Gasteiger partial charge in [0.05, 0.1) is 0 Å². The van der Waals surface area contributed by atoms with E-state index >= 15 is 0 Å². The van der Waals surface area contributed by atoms with E-state index in [0.29, 0.717) is 18.8 Å². The van der Waals surface area contributed by atoms with Gasteiger partial charge in [0.1, 0.15) is 0 Å². The molecule has 1 unspecified atom stereocenters. The smallest absolute Gasteiger partial charge is 0.293 e. The van der Waals surface area contributed by atoms with Crippen LogP contribution in [0.15, 0.2) is 24.3 Å². The molecule has 1 aliphatic rings. The molecule has 21 heavy (non-hydrogen) atoms. The summed E-state index contributed by atoms with van der Waals surface area (Å²) in [6.45, 7) is 4.26. The van der Waals surface area contributed by atoms with Crippen molar-refractivity contribution in [3.63, 3.8) is 0 Å². The van der Waals surface area contributed by atoms with Crippen molar-refractivity contribution in [1.82, 2.24) is 5.32 Å². The monoisotopic (exact) mass is 290 g/mol. The lowest BCUT2D eigenvalue weighted by atomic mass is 9.91. The Labute approximate surface area is 125 Å². The highest BCUT2D eigenvalue weighted by molar-refractivity contribution is 5.94. The van der Waals surface area contributed by atoms with Crippen LogP contribution in [0.1, 0.15) is 24.8 Å². The van der Waals surface area contributed by atoms with Gasteiger partial charge in [-0.3, -0.25) is 9.59 Å². The van der Waals surface area contributed by atoms with Crippen LogP contribution >= 0.6 is 0 Å². The van der Waals surface area contributed by atoms with E-state index in [1.807, 2.05) is 31.2 Å². The Morgan fingerprint density at radius 2 is 2.05 bits per heavy atom. The van der Waals surface area contributed by atoms with E-state index in [0.717, 1.165) is 37.2 Å². The van der Waals surface area contributed by atoms with E-state index in [1.54, 1.807) is 0 Å². The van der Waals surface area contributed by atoms with Crippen LogP contribution in [-0.2, 0) is 14.3 Å². The van der Waals surface area contributed by atoms with Gasteiger partial charge in [-0.2, -0.15) is 0 Å². The normalized spacial score (nSPS) is 17.0. The molecule has 0 saturated carbocycles. The van der Waals surface area contributed by atoms with Crippen molar-refractivity contribution in [2.45, 2.75) is 32.3 Å². The predicted molar refractivity (Wildman–Crippen MR) is 81.0 cm³/mol. The third-order valence-electron chi connectivity index (χ3n) is 3.84. The van der Waals surface area contributed by atoms with Crippen molar-refractivity contribution in [2.24, 2.45) is 5.92 Å². The number of ether oxygens (including phenoxy) is 1. The van der Waals surface area contributed by atoms with Gasteiger partial charge in [-0.25, -0.2) is 0 Å². The Morgan fingerprint density at radius 1 is 1.38 bits per heavy atom. The van der Waals surface area contributed by atoms with Gasteiger partial charge in [-0.05, 0) is 57.3 Å². The SMILES string of the molecule is Cc1ccc(NC(=O)C(CC2CCNCC2)OC=O)cc1. The molecule has 2 rings (SSSR count). The summed E-state index contributed by atoms with van der Waals surface area (Å²) in [4.78, 5) is 22.9. The van der Waals surface area contributed by atoms with Crippen LogP contribution in [-0.4, -0.2) is 31.6 Å². The molecule has 1 heterocycles. The number of hydrogen-bond acceptors (Lipinski definition) is 4. The Morgan fingerprint density at radius 3 is 2.67 bits per heavy atom. The lowest BCUT2D eigenvalue weighted by Crippen LogP contribution is -2.35. The maximum Gasteiger partial charge on any atom is 0.293 e. The molecule has 1 saturated heterocycles. The highest BCUT2D eigenvalue weighted by atomic mass is 16.5. The molecule has 1 aliphatic heterocycles. The predicted octanol–water partition coefficient (Wildman–Crippen LogP) is 1.86. The lowest BCUT2D eigenvalue weighted by molar-refractivity contribution is -0.143. The second kappa shape index (κ2) is 7.78. The van der Waals surface area contributed by atoms with E-state index in [4.69, 9.17) is 4.74 Å². The van der Waals surface area contributed by atoms with Crippen molar-refractivity contribution >= 4 is 18.1 Å². The van der Waals surface area contributed by atoms with E-state index in [2.05, 4.69) is 10.6 Å². The Kier molecular flexibility index (Phi) is 5.75. The van der Waals surface area contributed by atoms with Crippen LogP contribution in [0.3, 0.4) is 0 Å². The van der Waals surface area contributed by atoms with Crippen LogP contribution in [0.5, 0.6) is 0 Å². The number of nitrogens with one attached hydrogen (secondary N) is 2. The average molecular weight is 290 g/mol. The van der Waals surface area contributed by atoms with Gasteiger partial charge in [0.25, 0.3) is 12.4 Å². The van der Waals surface area contributed by atoms with Crippen LogP contribution in [0.4, 0.5) is 5.69 Å². The highest BCUT2D eigenvalue weighted by Crippen LogP contribution is 2.20. The van der Waals surface area contributed by atoms with Crippen molar-refractivity contribution in [3.8, 4) is 0 Å². The summed E-state index contributed by atoms with van der Waals surface area (Å²) in [6.07, 6.45) is 1.89. The molecule has 0 aromatic heterocycles. The summed E-state index contributed by atoms with van der Waals surface area (Å²) in [5.74, 6) is 0.157.